The van der Waals surface area contributed by atoms with E-state index in [-0.39, 0.29) is 0 Å². The van der Waals surface area contributed by atoms with Gasteiger partial charge in [0.15, 0.2) is 0 Å². The highest BCUT2D eigenvalue weighted by atomic mass is 79.9. The van der Waals surface area contributed by atoms with Crippen molar-refractivity contribution in [3.8, 4) is 5.75 Å². The van der Waals surface area contributed by atoms with Crippen LogP contribution in [0.5, 0.6) is 5.75 Å². The quantitative estimate of drug-likeness (QED) is 0.897. The fourth-order valence-electron chi connectivity index (χ4n) is 2.88. The molecule has 3 heteroatoms. The monoisotopic (exact) mass is 311 g/mol. The van der Waals surface area contributed by atoms with E-state index in [0.29, 0.717) is 12.0 Å². The van der Waals surface area contributed by atoms with Gasteiger partial charge < -0.3 is 10.1 Å². The molecule has 1 aliphatic heterocycles. The Morgan fingerprint density at radius 2 is 2.22 bits per heavy atom. The Balaban J connectivity index is 2.19. The van der Waals surface area contributed by atoms with Gasteiger partial charge in [0.05, 0.1) is 6.61 Å². The lowest BCUT2D eigenvalue weighted by Crippen LogP contribution is -2.32. The highest BCUT2D eigenvalue weighted by Gasteiger charge is 2.21. The largest absolute Gasteiger partial charge is 0.493 e. The van der Waals surface area contributed by atoms with Crippen molar-refractivity contribution >= 4 is 15.9 Å². The number of nitrogens with one attached hydrogen (secondary N) is 1. The number of rotatable bonds is 5. The van der Waals surface area contributed by atoms with Gasteiger partial charge >= 0.3 is 0 Å². The number of ether oxygens (including phenoxy) is 1. The van der Waals surface area contributed by atoms with Crippen molar-refractivity contribution in [2.75, 3.05) is 13.7 Å². The van der Waals surface area contributed by atoms with Crippen LogP contribution in [0.1, 0.15) is 31.4 Å². The van der Waals surface area contributed by atoms with Crippen molar-refractivity contribution in [1.82, 2.24) is 5.32 Å². The van der Waals surface area contributed by atoms with Crippen LogP contribution in [0.2, 0.25) is 0 Å². The van der Waals surface area contributed by atoms with Crippen molar-refractivity contribution in [2.24, 2.45) is 5.92 Å². The zero-order valence-electron chi connectivity index (χ0n) is 11.4. The molecule has 2 unspecified atom stereocenters. The Hall–Kier alpha value is -0.540. The van der Waals surface area contributed by atoms with E-state index < -0.39 is 0 Å². The minimum absolute atomic E-state index is 0.570. The molecule has 0 aromatic heterocycles. The van der Waals surface area contributed by atoms with E-state index in [2.05, 4.69) is 47.2 Å². The molecule has 1 aliphatic rings. The lowest BCUT2D eigenvalue weighted by Gasteiger charge is -2.23. The molecule has 0 aliphatic carbocycles. The summed E-state index contributed by atoms with van der Waals surface area (Å²) in [6.45, 7) is 5.38. The van der Waals surface area contributed by atoms with E-state index >= 15 is 0 Å². The van der Waals surface area contributed by atoms with Crippen LogP contribution in [-0.4, -0.2) is 19.7 Å². The lowest BCUT2D eigenvalue weighted by molar-refractivity contribution is 0.344. The average molecular weight is 312 g/mol. The Bertz CT molecular complexity index is 415. The maximum absolute atomic E-state index is 5.79. The van der Waals surface area contributed by atoms with Gasteiger partial charge in [0.2, 0.25) is 0 Å². The first-order chi connectivity index (χ1) is 8.65. The van der Waals surface area contributed by atoms with Crippen molar-refractivity contribution in [1.29, 1.82) is 0 Å². The van der Waals surface area contributed by atoms with Gasteiger partial charge in [-0.25, -0.2) is 0 Å². The van der Waals surface area contributed by atoms with Gasteiger partial charge in [0.1, 0.15) is 5.75 Å². The second-order valence-corrected chi connectivity index (χ2v) is 6.05. The lowest BCUT2D eigenvalue weighted by atomic mass is 9.91. The summed E-state index contributed by atoms with van der Waals surface area (Å²) < 4.78 is 6.96. The maximum atomic E-state index is 5.79. The van der Waals surface area contributed by atoms with Crippen LogP contribution in [0.4, 0.5) is 0 Å². The normalized spacial score (nSPS) is 17.1. The van der Waals surface area contributed by atoms with Gasteiger partial charge in [-0.05, 0) is 49.1 Å². The minimum Gasteiger partial charge on any atom is -0.493 e. The molecule has 0 spiro atoms. The van der Waals surface area contributed by atoms with Gasteiger partial charge in [-0.1, -0.05) is 29.8 Å². The van der Waals surface area contributed by atoms with Crippen molar-refractivity contribution in [2.45, 2.75) is 39.2 Å². The summed E-state index contributed by atoms with van der Waals surface area (Å²) >= 11 is 3.61. The molecule has 1 aromatic rings. The van der Waals surface area contributed by atoms with Gasteiger partial charge in [0, 0.05) is 16.9 Å². The molecule has 0 bridgehead atoms. The molecule has 18 heavy (non-hydrogen) atoms. The molecule has 1 heterocycles. The molecule has 0 amide bonds. The molecule has 0 saturated heterocycles. The van der Waals surface area contributed by atoms with Crippen molar-refractivity contribution in [3.05, 3.63) is 27.7 Å². The SMILES string of the molecule is CCC(NC)C(C)Cc1cc(Br)cc2c1OCC2. The molecule has 0 saturated carbocycles. The molecule has 100 valence electrons. The predicted octanol–water partition coefficient (Wildman–Crippen LogP) is 3.56. The van der Waals surface area contributed by atoms with Crippen molar-refractivity contribution < 1.29 is 4.74 Å². The second-order valence-electron chi connectivity index (χ2n) is 5.14. The Labute approximate surface area is 118 Å². The van der Waals surface area contributed by atoms with E-state index in [1.807, 2.05) is 7.05 Å². The number of halogens is 1. The van der Waals surface area contributed by atoms with Gasteiger partial charge in [-0.3, -0.25) is 0 Å². The average Bonchev–Trinajstić information content (AvgIpc) is 2.78. The highest BCUT2D eigenvalue weighted by molar-refractivity contribution is 9.10. The zero-order valence-corrected chi connectivity index (χ0v) is 13.0. The highest BCUT2D eigenvalue weighted by Crippen LogP contribution is 2.34. The molecule has 0 fully saturated rings. The first-order valence-corrected chi connectivity index (χ1v) is 7.56. The van der Waals surface area contributed by atoms with E-state index in [1.54, 1.807) is 0 Å². The summed E-state index contributed by atoms with van der Waals surface area (Å²) in [5, 5.41) is 3.40. The Morgan fingerprint density at radius 1 is 1.44 bits per heavy atom. The van der Waals surface area contributed by atoms with E-state index in [9.17, 15) is 0 Å². The van der Waals surface area contributed by atoms with Crippen LogP contribution in [0, 0.1) is 5.92 Å². The van der Waals surface area contributed by atoms with Gasteiger partial charge in [-0.2, -0.15) is 0 Å². The standard InChI is InChI=1S/C15H22BrNO/c1-4-14(17-3)10(2)7-12-9-13(16)8-11-5-6-18-15(11)12/h8-10,14,17H,4-7H2,1-3H3. The molecular formula is C15H22BrNO. The number of fused-ring (bicyclic) bond motifs is 1. The molecule has 2 atom stereocenters. The third-order valence-electron chi connectivity index (χ3n) is 3.86. The van der Waals surface area contributed by atoms with Crippen LogP contribution < -0.4 is 10.1 Å². The fourth-order valence-corrected chi connectivity index (χ4v) is 3.43. The van der Waals surface area contributed by atoms with Crippen LogP contribution in [0.15, 0.2) is 16.6 Å². The maximum Gasteiger partial charge on any atom is 0.125 e. The zero-order chi connectivity index (χ0) is 13.1. The minimum atomic E-state index is 0.570. The number of hydrogen-bond acceptors (Lipinski definition) is 2. The van der Waals surface area contributed by atoms with E-state index in [1.165, 1.54) is 15.6 Å². The second kappa shape index (κ2) is 6.07. The summed E-state index contributed by atoms with van der Waals surface area (Å²) in [4.78, 5) is 0. The van der Waals surface area contributed by atoms with Gasteiger partial charge in [-0.15, -0.1) is 0 Å². The molecule has 0 radical (unpaired) electrons. The summed E-state index contributed by atoms with van der Waals surface area (Å²) in [6.07, 6.45) is 3.27. The number of hydrogen-bond donors (Lipinski definition) is 1. The summed E-state index contributed by atoms with van der Waals surface area (Å²) in [6, 6.07) is 4.97. The smallest absolute Gasteiger partial charge is 0.125 e. The van der Waals surface area contributed by atoms with Crippen LogP contribution in [-0.2, 0) is 12.8 Å². The van der Waals surface area contributed by atoms with E-state index in [0.717, 1.165) is 31.6 Å². The van der Waals surface area contributed by atoms with Crippen LogP contribution in [0.3, 0.4) is 0 Å². The first kappa shape index (κ1) is 13.9. The predicted molar refractivity (Wildman–Crippen MR) is 79.3 cm³/mol. The first-order valence-electron chi connectivity index (χ1n) is 6.77. The third kappa shape index (κ3) is 2.89. The molecule has 1 aromatic carbocycles. The molecule has 2 nitrogen and oxygen atoms in total. The van der Waals surface area contributed by atoms with Crippen LogP contribution >= 0.6 is 15.9 Å². The van der Waals surface area contributed by atoms with Crippen molar-refractivity contribution in [3.63, 3.8) is 0 Å². The van der Waals surface area contributed by atoms with E-state index in [4.69, 9.17) is 4.74 Å². The summed E-state index contributed by atoms with van der Waals surface area (Å²) in [7, 11) is 2.05. The summed E-state index contributed by atoms with van der Waals surface area (Å²) in [5.41, 5.74) is 2.70. The molecule has 1 N–H and O–H groups in total. The van der Waals surface area contributed by atoms with Crippen LogP contribution in [0.25, 0.3) is 0 Å². The van der Waals surface area contributed by atoms with Gasteiger partial charge in [0.25, 0.3) is 0 Å². The molecular weight excluding hydrogens is 290 g/mol. The topological polar surface area (TPSA) is 21.3 Å². The Morgan fingerprint density at radius 3 is 2.89 bits per heavy atom. The molecule has 2 rings (SSSR count). The third-order valence-corrected chi connectivity index (χ3v) is 4.32. The number of benzene rings is 1. The summed E-state index contributed by atoms with van der Waals surface area (Å²) in [5.74, 6) is 1.75. The fraction of sp³-hybridized carbons (Fsp3) is 0.600. The Kier molecular flexibility index (Phi) is 4.68.